The highest BCUT2D eigenvalue weighted by atomic mass is 79.9. The predicted molar refractivity (Wildman–Crippen MR) is 131 cm³/mol. The lowest BCUT2D eigenvalue weighted by atomic mass is 10.1. The molecule has 0 saturated carbocycles. The minimum Gasteiger partial charge on any atom is -0.422 e. The summed E-state index contributed by atoms with van der Waals surface area (Å²) in [4.78, 5) is 36.6. The van der Waals surface area contributed by atoms with E-state index in [1.54, 1.807) is 36.4 Å². The molecule has 0 aliphatic carbocycles. The van der Waals surface area contributed by atoms with Gasteiger partial charge in [0.05, 0.1) is 21.8 Å². The van der Waals surface area contributed by atoms with Crippen molar-refractivity contribution in [2.45, 2.75) is 6.92 Å². The zero-order chi connectivity index (χ0) is 24.0. The number of hydrazone groups is 1. The molecule has 0 atom stereocenters. The molecule has 0 heterocycles. The van der Waals surface area contributed by atoms with Crippen molar-refractivity contribution in [3.8, 4) is 5.75 Å². The zero-order valence-corrected chi connectivity index (χ0v) is 20.2. The fourth-order valence-corrected chi connectivity index (χ4v) is 3.29. The van der Waals surface area contributed by atoms with Gasteiger partial charge in [0.2, 0.25) is 0 Å². The van der Waals surface area contributed by atoms with E-state index >= 15 is 0 Å². The van der Waals surface area contributed by atoms with Crippen LogP contribution in [0.1, 0.15) is 21.5 Å². The maximum atomic E-state index is 12.5. The van der Waals surface area contributed by atoms with Crippen molar-refractivity contribution in [1.29, 1.82) is 0 Å². The molecule has 7 nitrogen and oxygen atoms in total. The molecule has 2 N–H and O–H groups in total. The fourth-order valence-electron chi connectivity index (χ4n) is 2.62. The molecule has 168 valence electrons. The average Bonchev–Trinajstić information content (AvgIpc) is 2.77. The van der Waals surface area contributed by atoms with E-state index in [0.29, 0.717) is 26.3 Å². The van der Waals surface area contributed by atoms with E-state index in [1.807, 2.05) is 13.0 Å². The number of amides is 2. The van der Waals surface area contributed by atoms with Crippen molar-refractivity contribution < 1.29 is 19.1 Å². The number of benzene rings is 3. The molecule has 0 saturated heterocycles. The quantitative estimate of drug-likeness (QED) is 0.147. The lowest BCUT2D eigenvalue weighted by Crippen LogP contribution is -2.32. The van der Waals surface area contributed by atoms with Gasteiger partial charge in [-0.15, -0.1) is 0 Å². The minimum atomic E-state index is -1.01. The Morgan fingerprint density at radius 2 is 1.76 bits per heavy atom. The highest BCUT2D eigenvalue weighted by Crippen LogP contribution is 2.25. The first-order chi connectivity index (χ1) is 15.7. The summed E-state index contributed by atoms with van der Waals surface area (Å²) in [5.41, 5.74) is 4.13. The number of esters is 1. The lowest BCUT2D eigenvalue weighted by molar-refractivity contribution is -0.136. The second-order valence-electron chi connectivity index (χ2n) is 6.72. The van der Waals surface area contributed by atoms with Crippen molar-refractivity contribution in [3.63, 3.8) is 0 Å². The van der Waals surface area contributed by atoms with Gasteiger partial charge in [0.15, 0.2) is 0 Å². The second kappa shape index (κ2) is 11.1. The molecule has 0 aliphatic heterocycles. The number of hydrogen-bond donors (Lipinski definition) is 2. The Morgan fingerprint density at radius 3 is 2.48 bits per heavy atom. The Morgan fingerprint density at radius 1 is 0.970 bits per heavy atom. The summed E-state index contributed by atoms with van der Waals surface area (Å²) in [5, 5.41) is 6.72. The molecule has 3 rings (SSSR count). The monoisotopic (exact) mass is 547 g/mol. The van der Waals surface area contributed by atoms with E-state index in [2.05, 4.69) is 31.8 Å². The highest BCUT2D eigenvalue weighted by molar-refractivity contribution is 9.10. The Balaban J connectivity index is 1.67. The summed E-state index contributed by atoms with van der Waals surface area (Å²) in [7, 11) is 0. The number of carbonyl (C=O) groups excluding carboxylic acids is 3. The topological polar surface area (TPSA) is 96.9 Å². The molecule has 0 unspecified atom stereocenters. The maximum absolute atomic E-state index is 12.5. The third-order valence-electron chi connectivity index (χ3n) is 4.18. The van der Waals surface area contributed by atoms with Crippen LogP contribution in [0.2, 0.25) is 10.0 Å². The number of carbonyl (C=O) groups is 3. The summed E-state index contributed by atoms with van der Waals surface area (Å²) in [6, 6.07) is 16.3. The van der Waals surface area contributed by atoms with Gasteiger partial charge in [-0.1, -0.05) is 56.8 Å². The number of hydrogen-bond acceptors (Lipinski definition) is 5. The van der Waals surface area contributed by atoms with E-state index in [4.69, 9.17) is 27.9 Å². The number of rotatable bonds is 5. The normalized spacial score (nSPS) is 10.7. The maximum Gasteiger partial charge on any atom is 0.343 e. The van der Waals surface area contributed by atoms with Gasteiger partial charge in [0.1, 0.15) is 5.75 Å². The van der Waals surface area contributed by atoms with Crippen LogP contribution in [0, 0.1) is 6.92 Å². The Hall–Kier alpha value is -3.20. The highest BCUT2D eigenvalue weighted by Gasteiger charge is 2.15. The molecular weight excluding hydrogens is 533 g/mol. The van der Waals surface area contributed by atoms with Crippen LogP contribution in [-0.2, 0) is 9.59 Å². The molecule has 33 heavy (non-hydrogen) atoms. The standard InChI is InChI=1S/C23H16BrCl2N3O4/c1-13-3-2-4-14(9-13)23(32)33-20-8-5-16(24)10-15(20)12-27-29-22(31)21(30)28-17-6-7-18(25)19(26)11-17/h2-12H,1H3,(H,28,30)(H,29,31)/b27-12+. The Labute approximate surface area is 207 Å². The van der Waals surface area contributed by atoms with Crippen molar-refractivity contribution in [1.82, 2.24) is 5.43 Å². The lowest BCUT2D eigenvalue weighted by Gasteiger charge is -2.08. The first-order valence-corrected chi connectivity index (χ1v) is 11.0. The van der Waals surface area contributed by atoms with Gasteiger partial charge in [0.25, 0.3) is 0 Å². The van der Waals surface area contributed by atoms with Gasteiger partial charge in [-0.3, -0.25) is 9.59 Å². The van der Waals surface area contributed by atoms with E-state index in [-0.39, 0.29) is 10.8 Å². The summed E-state index contributed by atoms with van der Waals surface area (Å²) < 4.78 is 6.18. The number of aryl methyl sites for hydroxylation is 1. The molecule has 0 aromatic heterocycles. The van der Waals surface area contributed by atoms with Crippen LogP contribution in [-0.4, -0.2) is 24.0 Å². The molecule has 0 spiro atoms. The minimum absolute atomic E-state index is 0.225. The molecule has 0 bridgehead atoms. The number of halogens is 3. The number of ether oxygens (including phenoxy) is 1. The third-order valence-corrected chi connectivity index (χ3v) is 5.41. The molecule has 2 amide bonds. The fraction of sp³-hybridized carbons (Fsp3) is 0.0435. The molecule has 3 aromatic carbocycles. The van der Waals surface area contributed by atoms with Crippen LogP contribution in [0.3, 0.4) is 0 Å². The van der Waals surface area contributed by atoms with Crippen molar-refractivity contribution in [2.24, 2.45) is 5.10 Å². The van der Waals surface area contributed by atoms with Crippen LogP contribution in [0.15, 0.2) is 70.2 Å². The van der Waals surface area contributed by atoms with Gasteiger partial charge >= 0.3 is 17.8 Å². The average molecular weight is 549 g/mol. The number of anilines is 1. The molecule has 3 aromatic rings. The van der Waals surface area contributed by atoms with E-state index in [1.165, 1.54) is 24.4 Å². The van der Waals surface area contributed by atoms with Gasteiger partial charge in [-0.2, -0.15) is 5.10 Å². The van der Waals surface area contributed by atoms with Gasteiger partial charge in [-0.25, -0.2) is 10.2 Å². The van der Waals surface area contributed by atoms with Crippen LogP contribution < -0.4 is 15.5 Å². The first kappa shape index (κ1) is 24.4. The van der Waals surface area contributed by atoms with Gasteiger partial charge in [-0.05, 0) is 55.5 Å². The largest absolute Gasteiger partial charge is 0.422 e. The van der Waals surface area contributed by atoms with Crippen LogP contribution in [0.25, 0.3) is 0 Å². The third kappa shape index (κ3) is 6.89. The van der Waals surface area contributed by atoms with E-state index in [9.17, 15) is 14.4 Å². The summed E-state index contributed by atoms with van der Waals surface area (Å²) in [5.74, 6) is -2.28. The molecule has 0 fully saturated rings. The van der Waals surface area contributed by atoms with Crippen LogP contribution in [0.4, 0.5) is 5.69 Å². The second-order valence-corrected chi connectivity index (χ2v) is 8.45. The van der Waals surface area contributed by atoms with Crippen LogP contribution in [0.5, 0.6) is 5.75 Å². The number of nitrogens with zero attached hydrogens (tertiary/aromatic N) is 1. The molecular formula is C23H16BrCl2N3O4. The van der Waals surface area contributed by atoms with Crippen molar-refractivity contribution in [3.05, 3.63) is 91.9 Å². The zero-order valence-electron chi connectivity index (χ0n) is 17.1. The van der Waals surface area contributed by atoms with E-state index in [0.717, 1.165) is 5.56 Å². The number of nitrogens with one attached hydrogen (secondary N) is 2. The first-order valence-electron chi connectivity index (χ1n) is 9.41. The van der Waals surface area contributed by atoms with Gasteiger partial charge in [0, 0.05) is 15.7 Å². The van der Waals surface area contributed by atoms with Crippen molar-refractivity contribution in [2.75, 3.05) is 5.32 Å². The molecule has 10 heteroatoms. The SMILES string of the molecule is Cc1cccc(C(=O)Oc2ccc(Br)cc2/C=N/NC(=O)C(=O)Nc2ccc(Cl)c(Cl)c2)c1. The smallest absolute Gasteiger partial charge is 0.343 e. The van der Waals surface area contributed by atoms with Crippen LogP contribution >= 0.6 is 39.1 Å². The summed E-state index contributed by atoms with van der Waals surface area (Å²) in [6.07, 6.45) is 1.26. The Kier molecular flexibility index (Phi) is 8.21. The summed E-state index contributed by atoms with van der Waals surface area (Å²) >= 11 is 15.1. The van der Waals surface area contributed by atoms with Gasteiger partial charge < -0.3 is 10.1 Å². The van der Waals surface area contributed by atoms with E-state index < -0.39 is 17.8 Å². The summed E-state index contributed by atoms with van der Waals surface area (Å²) in [6.45, 7) is 1.87. The molecule has 0 aliphatic rings. The van der Waals surface area contributed by atoms with Crippen molar-refractivity contribution >= 4 is 68.8 Å². The predicted octanol–water partition coefficient (Wildman–Crippen LogP) is 5.37. The Bertz CT molecular complexity index is 1260. The molecule has 0 radical (unpaired) electrons.